The van der Waals surface area contributed by atoms with Crippen molar-refractivity contribution in [2.75, 3.05) is 40.3 Å². The third kappa shape index (κ3) is 8.12. The monoisotopic (exact) mass is 500 g/mol. The fourth-order valence-electron chi connectivity index (χ4n) is 3.08. The van der Waals surface area contributed by atoms with Gasteiger partial charge in [-0.3, -0.25) is 9.89 Å². The molecule has 1 aliphatic rings. The number of guanidine groups is 1. The Morgan fingerprint density at radius 2 is 2.11 bits per heavy atom. The molecule has 0 radical (unpaired) electrons. The molecule has 5 nitrogen and oxygen atoms in total. The third-order valence-corrected chi connectivity index (χ3v) is 4.42. The van der Waals surface area contributed by atoms with Crippen molar-refractivity contribution < 1.29 is 17.9 Å². The van der Waals surface area contributed by atoms with Crippen LogP contribution in [0.15, 0.2) is 23.2 Å². The first-order valence-corrected chi connectivity index (χ1v) is 8.70. The molecule has 0 aliphatic carbocycles. The smallest absolute Gasteiger partial charge is 0.401 e. The zero-order chi connectivity index (χ0) is 19.2. The second kappa shape index (κ2) is 10.9. The molecule has 154 valence electrons. The summed E-state index contributed by atoms with van der Waals surface area (Å²) in [6, 6.07) is 6.07. The highest BCUT2D eigenvalue weighted by molar-refractivity contribution is 14.0. The summed E-state index contributed by atoms with van der Waals surface area (Å²) >= 11 is 0. The highest BCUT2D eigenvalue weighted by Gasteiger charge is 2.34. The Morgan fingerprint density at radius 3 is 2.74 bits per heavy atom. The molecule has 9 heteroatoms. The van der Waals surface area contributed by atoms with Crippen molar-refractivity contribution in [1.82, 2.24) is 15.5 Å². The van der Waals surface area contributed by atoms with Gasteiger partial charge in [-0.2, -0.15) is 13.2 Å². The number of halogens is 4. The topological polar surface area (TPSA) is 48.9 Å². The van der Waals surface area contributed by atoms with E-state index in [1.54, 1.807) is 14.2 Å². The van der Waals surface area contributed by atoms with Crippen molar-refractivity contribution in [2.45, 2.75) is 32.0 Å². The predicted molar refractivity (Wildman–Crippen MR) is 112 cm³/mol. The van der Waals surface area contributed by atoms with Crippen LogP contribution in [-0.2, 0) is 6.42 Å². The highest BCUT2D eigenvalue weighted by atomic mass is 127. The van der Waals surface area contributed by atoms with E-state index in [0.717, 1.165) is 23.3 Å². The van der Waals surface area contributed by atoms with Gasteiger partial charge in [0.15, 0.2) is 5.96 Å². The number of aryl methyl sites for hydroxylation is 1. The lowest BCUT2D eigenvalue weighted by molar-refractivity contribution is -0.143. The van der Waals surface area contributed by atoms with Gasteiger partial charge in [0.1, 0.15) is 5.75 Å². The van der Waals surface area contributed by atoms with Crippen molar-refractivity contribution in [1.29, 1.82) is 0 Å². The van der Waals surface area contributed by atoms with Crippen LogP contribution in [-0.4, -0.2) is 63.4 Å². The van der Waals surface area contributed by atoms with Crippen molar-refractivity contribution in [3.63, 3.8) is 0 Å². The van der Waals surface area contributed by atoms with Gasteiger partial charge in [-0.1, -0.05) is 12.1 Å². The van der Waals surface area contributed by atoms with Crippen LogP contribution < -0.4 is 15.4 Å². The number of rotatable bonds is 6. The van der Waals surface area contributed by atoms with E-state index in [1.807, 2.05) is 19.1 Å². The third-order valence-electron chi connectivity index (χ3n) is 4.42. The summed E-state index contributed by atoms with van der Waals surface area (Å²) in [5.74, 6) is 1.48. The van der Waals surface area contributed by atoms with Gasteiger partial charge in [-0.05, 0) is 37.0 Å². The van der Waals surface area contributed by atoms with E-state index in [9.17, 15) is 13.2 Å². The van der Waals surface area contributed by atoms with E-state index in [-0.39, 0.29) is 30.0 Å². The number of hydrogen-bond donors (Lipinski definition) is 2. The number of ether oxygens (including phenoxy) is 1. The standard InChI is InChI=1S/C18H27F3N4O.HI/c1-13-4-5-14(10-16(13)26-3)6-8-23-17(22-2)24-15-7-9-25(11-15)12-18(19,20)21;/h4-5,10,15H,6-9,11-12H2,1-3H3,(H2,22,23,24);1H. The van der Waals surface area contributed by atoms with Gasteiger partial charge in [-0.25, -0.2) is 0 Å². The molecule has 2 N–H and O–H groups in total. The fraction of sp³-hybridized carbons (Fsp3) is 0.611. The summed E-state index contributed by atoms with van der Waals surface area (Å²) < 4.78 is 42.7. The number of alkyl halides is 3. The Kier molecular flexibility index (Phi) is 9.65. The van der Waals surface area contributed by atoms with E-state index in [1.165, 1.54) is 4.90 Å². The summed E-state index contributed by atoms with van der Waals surface area (Å²) in [6.07, 6.45) is -2.68. The van der Waals surface area contributed by atoms with Gasteiger partial charge in [0.25, 0.3) is 0 Å². The van der Waals surface area contributed by atoms with Crippen LogP contribution in [0, 0.1) is 6.92 Å². The summed E-state index contributed by atoms with van der Waals surface area (Å²) in [6.45, 7) is 2.63. The molecule has 0 saturated carbocycles. The summed E-state index contributed by atoms with van der Waals surface area (Å²) in [4.78, 5) is 5.58. The van der Waals surface area contributed by atoms with E-state index >= 15 is 0 Å². The highest BCUT2D eigenvalue weighted by Crippen LogP contribution is 2.20. The number of nitrogens with one attached hydrogen (secondary N) is 2. The molecule has 0 aromatic heterocycles. The molecule has 1 saturated heterocycles. The van der Waals surface area contributed by atoms with Gasteiger partial charge < -0.3 is 15.4 Å². The van der Waals surface area contributed by atoms with E-state index in [0.29, 0.717) is 32.0 Å². The number of benzene rings is 1. The van der Waals surface area contributed by atoms with Crippen molar-refractivity contribution in [3.05, 3.63) is 29.3 Å². The first-order valence-electron chi connectivity index (χ1n) is 8.70. The molecule has 1 fully saturated rings. The molecule has 1 aliphatic heterocycles. The number of aliphatic imine (C=N–C) groups is 1. The Labute approximate surface area is 175 Å². The quantitative estimate of drug-likeness (QED) is 0.359. The molecule has 0 spiro atoms. The van der Waals surface area contributed by atoms with Crippen LogP contribution in [0.4, 0.5) is 13.2 Å². The maximum atomic E-state index is 12.5. The average Bonchev–Trinajstić information content (AvgIpc) is 3.00. The molecular weight excluding hydrogens is 472 g/mol. The molecule has 1 atom stereocenters. The molecule has 1 heterocycles. The van der Waals surface area contributed by atoms with Crippen LogP contribution in [0.3, 0.4) is 0 Å². The second-order valence-electron chi connectivity index (χ2n) is 6.53. The van der Waals surface area contributed by atoms with Gasteiger partial charge in [0.2, 0.25) is 0 Å². The first kappa shape index (κ1) is 23.8. The number of hydrogen-bond acceptors (Lipinski definition) is 3. The van der Waals surface area contributed by atoms with Gasteiger partial charge in [0, 0.05) is 32.7 Å². The maximum absolute atomic E-state index is 12.5. The van der Waals surface area contributed by atoms with Crippen LogP contribution in [0.2, 0.25) is 0 Å². The number of methoxy groups -OCH3 is 1. The van der Waals surface area contributed by atoms with Crippen molar-refractivity contribution >= 4 is 29.9 Å². The molecule has 1 unspecified atom stereocenters. The zero-order valence-corrected chi connectivity index (χ0v) is 18.2. The Hall–Kier alpha value is -1.23. The Morgan fingerprint density at radius 1 is 1.37 bits per heavy atom. The lowest BCUT2D eigenvalue weighted by Crippen LogP contribution is -2.45. The molecule has 2 rings (SSSR count). The summed E-state index contributed by atoms with van der Waals surface area (Å²) in [7, 11) is 3.31. The largest absolute Gasteiger partial charge is 0.496 e. The van der Waals surface area contributed by atoms with E-state index < -0.39 is 12.7 Å². The van der Waals surface area contributed by atoms with Gasteiger partial charge >= 0.3 is 6.18 Å². The normalized spacial score (nSPS) is 18.1. The summed E-state index contributed by atoms with van der Waals surface area (Å²) in [5, 5.41) is 6.42. The van der Waals surface area contributed by atoms with E-state index in [4.69, 9.17) is 4.74 Å². The lowest BCUT2D eigenvalue weighted by atomic mass is 10.1. The van der Waals surface area contributed by atoms with Crippen LogP contribution in [0.25, 0.3) is 0 Å². The zero-order valence-electron chi connectivity index (χ0n) is 15.9. The number of nitrogens with zero attached hydrogens (tertiary/aromatic N) is 2. The molecule has 1 aromatic carbocycles. The summed E-state index contributed by atoms with van der Waals surface area (Å²) in [5.41, 5.74) is 2.24. The SMILES string of the molecule is CN=C(NCCc1ccc(C)c(OC)c1)NC1CCN(CC(F)(F)F)C1.I. The minimum absolute atomic E-state index is 0. The number of likely N-dealkylation sites (tertiary alicyclic amines) is 1. The minimum atomic E-state index is -4.15. The fourth-order valence-corrected chi connectivity index (χ4v) is 3.08. The Bertz CT molecular complexity index is 625. The maximum Gasteiger partial charge on any atom is 0.401 e. The second-order valence-corrected chi connectivity index (χ2v) is 6.53. The van der Waals surface area contributed by atoms with Crippen LogP contribution in [0.1, 0.15) is 17.5 Å². The van der Waals surface area contributed by atoms with Crippen molar-refractivity contribution in [2.24, 2.45) is 4.99 Å². The van der Waals surface area contributed by atoms with Gasteiger partial charge in [0.05, 0.1) is 13.7 Å². The average molecular weight is 500 g/mol. The Balaban J connectivity index is 0.00000364. The lowest BCUT2D eigenvalue weighted by Gasteiger charge is -2.20. The van der Waals surface area contributed by atoms with Gasteiger partial charge in [-0.15, -0.1) is 24.0 Å². The molecule has 0 bridgehead atoms. The molecular formula is C18H28F3IN4O. The van der Waals surface area contributed by atoms with Crippen LogP contribution in [0.5, 0.6) is 5.75 Å². The van der Waals surface area contributed by atoms with E-state index in [2.05, 4.69) is 21.7 Å². The van der Waals surface area contributed by atoms with Crippen LogP contribution >= 0.6 is 24.0 Å². The molecule has 1 aromatic rings. The minimum Gasteiger partial charge on any atom is -0.496 e. The molecule has 27 heavy (non-hydrogen) atoms. The first-order chi connectivity index (χ1) is 12.3. The molecule has 0 amide bonds. The predicted octanol–water partition coefficient (Wildman–Crippen LogP) is 2.97. The van der Waals surface area contributed by atoms with Crippen molar-refractivity contribution in [3.8, 4) is 5.75 Å².